The van der Waals surface area contributed by atoms with Crippen LogP contribution in [-0.4, -0.2) is 19.9 Å². The van der Waals surface area contributed by atoms with Crippen molar-refractivity contribution >= 4 is 21.8 Å². The van der Waals surface area contributed by atoms with Crippen LogP contribution >= 0.6 is 0 Å². The maximum atomic E-state index is 5.28. The molecule has 0 radical (unpaired) electrons. The van der Waals surface area contributed by atoms with Crippen LogP contribution in [0.3, 0.4) is 0 Å². The number of aromatic nitrogens is 4. The van der Waals surface area contributed by atoms with Gasteiger partial charge in [0, 0.05) is 38.6 Å². The summed E-state index contributed by atoms with van der Waals surface area (Å²) in [5, 5.41) is 1.98. The molecule has 4 heteroatoms. The standard InChI is InChI=1S/C46H30N4/c1-5-13-31(14-6-1)32-21-23-36(24-22-32)43-30-42(35-19-11-4-12-20-35)49-46(50-43)39-29-41(34-17-9-3-10-18-34)48-45-38(39)27-25-37-26-28-40(47-44(37)45)33-15-7-2-8-16-33/h1-30H. The molecule has 0 aliphatic carbocycles. The lowest BCUT2D eigenvalue weighted by molar-refractivity contribution is 1.18. The summed E-state index contributed by atoms with van der Waals surface area (Å²) in [7, 11) is 0. The molecule has 0 spiro atoms. The van der Waals surface area contributed by atoms with Gasteiger partial charge in [-0.2, -0.15) is 0 Å². The Bertz CT molecular complexity index is 2600. The summed E-state index contributed by atoms with van der Waals surface area (Å²) in [5.41, 5.74) is 12.5. The third kappa shape index (κ3) is 5.59. The first-order chi connectivity index (χ1) is 24.8. The van der Waals surface area contributed by atoms with E-state index in [0.29, 0.717) is 5.82 Å². The third-order valence-corrected chi connectivity index (χ3v) is 9.10. The maximum absolute atomic E-state index is 5.28. The zero-order valence-electron chi connectivity index (χ0n) is 27.1. The van der Waals surface area contributed by atoms with Crippen molar-refractivity contribution in [3.8, 4) is 67.5 Å². The Morgan fingerprint density at radius 2 is 0.700 bits per heavy atom. The molecule has 50 heavy (non-hydrogen) atoms. The average Bonchev–Trinajstić information content (AvgIpc) is 3.21. The van der Waals surface area contributed by atoms with Crippen LogP contribution in [-0.2, 0) is 0 Å². The first kappa shape index (κ1) is 29.4. The minimum absolute atomic E-state index is 0.636. The third-order valence-electron chi connectivity index (χ3n) is 9.10. The molecule has 234 valence electrons. The van der Waals surface area contributed by atoms with Gasteiger partial charge in [-0.3, -0.25) is 0 Å². The van der Waals surface area contributed by atoms with E-state index in [1.165, 1.54) is 5.56 Å². The van der Waals surface area contributed by atoms with Crippen LogP contribution < -0.4 is 0 Å². The molecular formula is C46H30N4. The summed E-state index contributed by atoms with van der Waals surface area (Å²) >= 11 is 0. The number of rotatable bonds is 6. The summed E-state index contributed by atoms with van der Waals surface area (Å²) < 4.78 is 0. The fraction of sp³-hybridized carbons (Fsp3) is 0. The largest absolute Gasteiger partial charge is 0.245 e. The molecule has 0 N–H and O–H groups in total. The zero-order valence-corrected chi connectivity index (χ0v) is 27.1. The van der Waals surface area contributed by atoms with Crippen LogP contribution in [0.2, 0.25) is 0 Å². The molecule has 9 aromatic rings. The van der Waals surface area contributed by atoms with Crippen molar-refractivity contribution in [3.05, 3.63) is 182 Å². The highest BCUT2D eigenvalue weighted by molar-refractivity contribution is 6.09. The van der Waals surface area contributed by atoms with Crippen molar-refractivity contribution in [2.75, 3.05) is 0 Å². The van der Waals surface area contributed by atoms with Gasteiger partial charge in [-0.15, -0.1) is 0 Å². The quantitative estimate of drug-likeness (QED) is 0.170. The topological polar surface area (TPSA) is 51.6 Å². The summed E-state index contributed by atoms with van der Waals surface area (Å²) in [4.78, 5) is 21.0. The van der Waals surface area contributed by atoms with Gasteiger partial charge in [-0.05, 0) is 29.3 Å². The molecule has 0 amide bonds. The lowest BCUT2D eigenvalue weighted by atomic mass is 9.99. The predicted octanol–water partition coefficient (Wildman–Crippen LogP) is 11.6. The summed E-state index contributed by atoms with van der Waals surface area (Å²) in [6, 6.07) is 62.6. The second-order valence-corrected chi connectivity index (χ2v) is 12.3. The van der Waals surface area contributed by atoms with Crippen molar-refractivity contribution in [1.82, 2.24) is 19.9 Å². The van der Waals surface area contributed by atoms with Crippen LogP contribution in [0.25, 0.3) is 89.4 Å². The van der Waals surface area contributed by atoms with Gasteiger partial charge in [-0.1, -0.05) is 164 Å². The second-order valence-electron chi connectivity index (χ2n) is 12.3. The number of nitrogens with zero attached hydrogens (tertiary/aromatic N) is 4. The first-order valence-electron chi connectivity index (χ1n) is 16.7. The fourth-order valence-corrected chi connectivity index (χ4v) is 6.52. The van der Waals surface area contributed by atoms with Crippen molar-refractivity contribution < 1.29 is 0 Å². The van der Waals surface area contributed by atoms with Gasteiger partial charge < -0.3 is 0 Å². The maximum Gasteiger partial charge on any atom is 0.161 e. The van der Waals surface area contributed by atoms with E-state index in [9.17, 15) is 0 Å². The van der Waals surface area contributed by atoms with E-state index >= 15 is 0 Å². The highest BCUT2D eigenvalue weighted by atomic mass is 14.9. The van der Waals surface area contributed by atoms with E-state index in [0.717, 1.165) is 78.0 Å². The van der Waals surface area contributed by atoms with Crippen LogP contribution in [0.4, 0.5) is 0 Å². The van der Waals surface area contributed by atoms with Gasteiger partial charge in [0.05, 0.1) is 33.8 Å². The van der Waals surface area contributed by atoms with Gasteiger partial charge in [-0.25, -0.2) is 19.9 Å². The van der Waals surface area contributed by atoms with E-state index in [1.807, 2.05) is 60.7 Å². The lowest BCUT2D eigenvalue weighted by Crippen LogP contribution is -1.99. The SMILES string of the molecule is c1ccc(-c2ccc(-c3cc(-c4ccccc4)nc(-c4cc(-c5ccccc5)nc5c4ccc4ccc(-c6ccccc6)nc45)n3)cc2)cc1. The van der Waals surface area contributed by atoms with E-state index in [1.54, 1.807) is 0 Å². The minimum Gasteiger partial charge on any atom is -0.245 e. The van der Waals surface area contributed by atoms with E-state index < -0.39 is 0 Å². The molecule has 0 saturated heterocycles. The predicted molar refractivity (Wildman–Crippen MR) is 205 cm³/mol. The van der Waals surface area contributed by atoms with Crippen LogP contribution in [0, 0.1) is 0 Å². The molecule has 0 aliphatic rings. The molecule has 3 heterocycles. The van der Waals surface area contributed by atoms with Crippen LogP contribution in [0.15, 0.2) is 182 Å². The smallest absolute Gasteiger partial charge is 0.161 e. The lowest BCUT2D eigenvalue weighted by Gasteiger charge is -2.14. The van der Waals surface area contributed by atoms with E-state index in [2.05, 4.69) is 121 Å². The summed E-state index contributed by atoms with van der Waals surface area (Å²) in [6.07, 6.45) is 0. The molecule has 0 unspecified atom stereocenters. The molecule has 0 bridgehead atoms. The number of fused-ring (bicyclic) bond motifs is 3. The normalized spacial score (nSPS) is 11.2. The minimum atomic E-state index is 0.636. The fourth-order valence-electron chi connectivity index (χ4n) is 6.52. The van der Waals surface area contributed by atoms with Crippen molar-refractivity contribution in [1.29, 1.82) is 0 Å². The zero-order chi connectivity index (χ0) is 33.3. The molecule has 9 rings (SSSR count). The molecule has 0 fully saturated rings. The molecule has 4 nitrogen and oxygen atoms in total. The van der Waals surface area contributed by atoms with E-state index in [4.69, 9.17) is 19.9 Å². The number of hydrogen-bond donors (Lipinski definition) is 0. The highest BCUT2D eigenvalue weighted by Gasteiger charge is 2.18. The number of hydrogen-bond acceptors (Lipinski definition) is 4. The number of pyridine rings is 2. The molecule has 0 aliphatic heterocycles. The van der Waals surface area contributed by atoms with E-state index in [-0.39, 0.29) is 0 Å². The Morgan fingerprint density at radius 1 is 0.280 bits per heavy atom. The number of benzene rings is 6. The highest BCUT2D eigenvalue weighted by Crippen LogP contribution is 2.37. The molecule has 3 aromatic heterocycles. The average molecular weight is 639 g/mol. The Morgan fingerprint density at radius 3 is 1.28 bits per heavy atom. The van der Waals surface area contributed by atoms with Gasteiger partial charge in [0.1, 0.15) is 0 Å². The van der Waals surface area contributed by atoms with Gasteiger partial charge >= 0.3 is 0 Å². The second kappa shape index (κ2) is 12.7. The van der Waals surface area contributed by atoms with Crippen LogP contribution in [0.1, 0.15) is 0 Å². The molecular weight excluding hydrogens is 609 g/mol. The molecule has 6 aromatic carbocycles. The van der Waals surface area contributed by atoms with Gasteiger partial charge in [0.15, 0.2) is 5.82 Å². The van der Waals surface area contributed by atoms with Crippen molar-refractivity contribution in [3.63, 3.8) is 0 Å². The van der Waals surface area contributed by atoms with Crippen LogP contribution in [0.5, 0.6) is 0 Å². The summed E-state index contributed by atoms with van der Waals surface area (Å²) in [5.74, 6) is 0.636. The Hall–Kier alpha value is -6.78. The van der Waals surface area contributed by atoms with Gasteiger partial charge in [0.2, 0.25) is 0 Å². The molecule has 0 saturated carbocycles. The monoisotopic (exact) mass is 638 g/mol. The Labute approximate surface area is 290 Å². The van der Waals surface area contributed by atoms with Gasteiger partial charge in [0.25, 0.3) is 0 Å². The summed E-state index contributed by atoms with van der Waals surface area (Å²) in [6.45, 7) is 0. The molecule has 0 atom stereocenters. The first-order valence-corrected chi connectivity index (χ1v) is 16.7. The van der Waals surface area contributed by atoms with Crippen molar-refractivity contribution in [2.45, 2.75) is 0 Å². The Kier molecular flexibility index (Phi) is 7.45. The van der Waals surface area contributed by atoms with Crippen molar-refractivity contribution in [2.24, 2.45) is 0 Å². The Balaban J connectivity index is 1.29.